The fourth-order valence-corrected chi connectivity index (χ4v) is 2.45. The van der Waals surface area contributed by atoms with Crippen LogP contribution in [0.4, 0.5) is 5.88 Å². The van der Waals surface area contributed by atoms with Crippen LogP contribution in [-0.2, 0) is 11.2 Å². The van der Waals surface area contributed by atoms with Crippen LogP contribution >= 0.6 is 11.6 Å². The lowest BCUT2D eigenvalue weighted by atomic mass is 10.1. The number of hydrogen-bond donors (Lipinski definition) is 1. The number of benzene rings is 2. The van der Waals surface area contributed by atoms with Gasteiger partial charge in [-0.05, 0) is 36.8 Å². The number of halogens is 1. The fraction of sp³-hybridized carbons (Fsp3) is 0.158. The summed E-state index contributed by atoms with van der Waals surface area (Å²) < 4.78 is 10.6. The Bertz CT molecular complexity index is 842. The molecule has 5 nitrogen and oxygen atoms in total. The van der Waals surface area contributed by atoms with Gasteiger partial charge in [-0.1, -0.05) is 41.0 Å². The van der Waals surface area contributed by atoms with Crippen LogP contribution < -0.4 is 10.1 Å². The maximum absolute atomic E-state index is 12.1. The maximum Gasteiger partial charge on any atom is 0.231 e. The Morgan fingerprint density at radius 2 is 1.88 bits per heavy atom. The summed E-state index contributed by atoms with van der Waals surface area (Å²) in [6, 6.07) is 16.3. The molecule has 25 heavy (non-hydrogen) atoms. The maximum atomic E-state index is 12.1. The Balaban J connectivity index is 1.60. The monoisotopic (exact) mass is 356 g/mol. The second kappa shape index (κ2) is 7.85. The van der Waals surface area contributed by atoms with Gasteiger partial charge in [0.25, 0.3) is 0 Å². The van der Waals surface area contributed by atoms with Gasteiger partial charge in [-0.25, -0.2) is 0 Å². The molecule has 1 aromatic heterocycles. The van der Waals surface area contributed by atoms with Crippen LogP contribution in [0.25, 0.3) is 11.3 Å². The smallest absolute Gasteiger partial charge is 0.231 e. The van der Waals surface area contributed by atoms with E-state index in [-0.39, 0.29) is 12.3 Å². The molecule has 1 heterocycles. The Hall–Kier alpha value is -2.79. The van der Waals surface area contributed by atoms with Crippen LogP contribution in [-0.4, -0.2) is 17.7 Å². The first-order valence-corrected chi connectivity index (χ1v) is 8.26. The quantitative estimate of drug-likeness (QED) is 0.702. The van der Waals surface area contributed by atoms with Gasteiger partial charge in [0.2, 0.25) is 11.8 Å². The molecule has 0 aliphatic heterocycles. The zero-order chi connectivity index (χ0) is 17.6. The number of amides is 1. The van der Waals surface area contributed by atoms with Gasteiger partial charge in [0.15, 0.2) is 0 Å². The number of nitrogens with one attached hydrogen (secondary N) is 1. The summed E-state index contributed by atoms with van der Waals surface area (Å²) in [5, 5.41) is 7.31. The number of nitrogens with zero attached hydrogens (tertiary/aromatic N) is 1. The van der Waals surface area contributed by atoms with E-state index in [2.05, 4.69) is 10.5 Å². The fourth-order valence-electron chi connectivity index (χ4n) is 2.33. The number of anilines is 1. The van der Waals surface area contributed by atoms with Crippen LogP contribution in [0.2, 0.25) is 5.02 Å². The first-order valence-electron chi connectivity index (χ1n) is 7.88. The molecule has 0 radical (unpaired) electrons. The molecule has 6 heteroatoms. The van der Waals surface area contributed by atoms with Crippen LogP contribution in [0.5, 0.6) is 5.75 Å². The van der Waals surface area contributed by atoms with E-state index in [9.17, 15) is 4.79 Å². The number of carbonyl (C=O) groups excluding carboxylic acids is 1. The molecular weight excluding hydrogens is 340 g/mol. The molecule has 0 aliphatic carbocycles. The van der Waals surface area contributed by atoms with Crippen molar-refractivity contribution in [2.75, 3.05) is 11.9 Å². The average molecular weight is 357 g/mol. The lowest BCUT2D eigenvalue weighted by molar-refractivity contribution is -0.115. The van der Waals surface area contributed by atoms with Crippen molar-refractivity contribution in [3.05, 3.63) is 65.2 Å². The Labute approximate surface area is 150 Å². The van der Waals surface area contributed by atoms with E-state index >= 15 is 0 Å². The molecule has 0 fully saturated rings. The summed E-state index contributed by atoms with van der Waals surface area (Å²) in [5.41, 5.74) is 2.38. The molecule has 3 rings (SSSR count). The Morgan fingerprint density at radius 3 is 2.56 bits per heavy atom. The van der Waals surface area contributed by atoms with Gasteiger partial charge >= 0.3 is 0 Å². The van der Waals surface area contributed by atoms with Gasteiger partial charge in [-0.2, -0.15) is 0 Å². The molecule has 1 N–H and O–H groups in total. The van der Waals surface area contributed by atoms with E-state index in [1.54, 1.807) is 18.2 Å². The van der Waals surface area contributed by atoms with Crippen molar-refractivity contribution in [2.24, 2.45) is 0 Å². The van der Waals surface area contributed by atoms with Crippen LogP contribution in [0, 0.1) is 0 Å². The highest BCUT2D eigenvalue weighted by molar-refractivity contribution is 6.30. The van der Waals surface area contributed by atoms with Crippen molar-refractivity contribution in [1.29, 1.82) is 0 Å². The summed E-state index contributed by atoms with van der Waals surface area (Å²) in [7, 11) is 0. The average Bonchev–Trinajstić information content (AvgIpc) is 3.06. The topological polar surface area (TPSA) is 64.4 Å². The Kier molecular flexibility index (Phi) is 5.36. The highest BCUT2D eigenvalue weighted by atomic mass is 35.5. The van der Waals surface area contributed by atoms with E-state index in [4.69, 9.17) is 20.9 Å². The second-order valence-corrected chi connectivity index (χ2v) is 5.82. The molecule has 0 saturated carbocycles. The van der Waals surface area contributed by atoms with Gasteiger partial charge in [-0.3, -0.25) is 10.1 Å². The van der Waals surface area contributed by atoms with E-state index in [1.165, 1.54) is 0 Å². The summed E-state index contributed by atoms with van der Waals surface area (Å²) in [4.78, 5) is 12.1. The van der Waals surface area contributed by atoms with Crippen molar-refractivity contribution in [1.82, 2.24) is 5.16 Å². The highest BCUT2D eigenvalue weighted by Gasteiger charge is 2.10. The lowest BCUT2D eigenvalue weighted by Gasteiger charge is -2.04. The number of rotatable bonds is 6. The van der Waals surface area contributed by atoms with Crippen molar-refractivity contribution in [2.45, 2.75) is 13.3 Å². The van der Waals surface area contributed by atoms with Crippen LogP contribution in [0.3, 0.4) is 0 Å². The summed E-state index contributed by atoms with van der Waals surface area (Å²) in [6.45, 7) is 2.54. The van der Waals surface area contributed by atoms with E-state index in [0.29, 0.717) is 23.2 Å². The molecule has 3 aromatic rings. The lowest BCUT2D eigenvalue weighted by Crippen LogP contribution is -2.13. The number of carbonyl (C=O) groups is 1. The predicted octanol–water partition coefficient (Wildman–Crippen LogP) is 4.57. The van der Waals surface area contributed by atoms with E-state index < -0.39 is 0 Å². The first-order chi connectivity index (χ1) is 12.1. The number of ether oxygens (including phenoxy) is 1. The molecule has 0 spiro atoms. The van der Waals surface area contributed by atoms with Gasteiger partial charge in [0.1, 0.15) is 11.4 Å². The minimum Gasteiger partial charge on any atom is -0.494 e. The zero-order valence-corrected chi connectivity index (χ0v) is 14.4. The Morgan fingerprint density at radius 1 is 1.16 bits per heavy atom. The van der Waals surface area contributed by atoms with Crippen molar-refractivity contribution in [3.8, 4) is 17.0 Å². The third-order valence-electron chi connectivity index (χ3n) is 3.51. The first kappa shape index (κ1) is 17.0. The van der Waals surface area contributed by atoms with Gasteiger partial charge in [-0.15, -0.1) is 0 Å². The number of aromatic nitrogens is 1. The van der Waals surface area contributed by atoms with Crippen molar-refractivity contribution < 1.29 is 14.1 Å². The van der Waals surface area contributed by atoms with Crippen molar-refractivity contribution in [3.63, 3.8) is 0 Å². The molecule has 2 aromatic carbocycles. The largest absolute Gasteiger partial charge is 0.494 e. The molecular formula is C19H17ClN2O3. The summed E-state index contributed by atoms with van der Waals surface area (Å²) >= 11 is 5.87. The summed E-state index contributed by atoms with van der Waals surface area (Å²) in [5.74, 6) is 0.915. The molecule has 1 amide bonds. The van der Waals surface area contributed by atoms with E-state index in [0.717, 1.165) is 16.9 Å². The molecule has 128 valence electrons. The van der Waals surface area contributed by atoms with Gasteiger partial charge in [0, 0.05) is 16.7 Å². The van der Waals surface area contributed by atoms with Gasteiger partial charge in [0.05, 0.1) is 13.0 Å². The molecule has 0 aliphatic rings. The van der Waals surface area contributed by atoms with Crippen LogP contribution in [0.15, 0.2) is 59.1 Å². The normalized spacial score (nSPS) is 10.5. The molecule has 0 unspecified atom stereocenters. The molecule has 0 bridgehead atoms. The van der Waals surface area contributed by atoms with Crippen molar-refractivity contribution >= 4 is 23.4 Å². The third kappa shape index (κ3) is 4.61. The minimum absolute atomic E-state index is 0.178. The SMILES string of the molecule is CCOc1ccc(CC(=O)Nc2cc(-c3ccc(Cl)cc3)no2)cc1. The zero-order valence-electron chi connectivity index (χ0n) is 13.7. The molecule has 0 atom stereocenters. The highest BCUT2D eigenvalue weighted by Crippen LogP contribution is 2.23. The number of hydrogen-bond acceptors (Lipinski definition) is 4. The van der Waals surface area contributed by atoms with E-state index in [1.807, 2.05) is 43.3 Å². The molecule has 0 saturated heterocycles. The summed E-state index contributed by atoms with van der Waals surface area (Å²) in [6.07, 6.45) is 0.239. The standard InChI is InChI=1S/C19H17ClN2O3/c1-2-24-16-9-3-13(4-10-16)11-18(23)21-19-12-17(22-25-19)14-5-7-15(20)8-6-14/h3-10,12H,2,11H2,1H3,(H,21,23). The third-order valence-corrected chi connectivity index (χ3v) is 3.76. The minimum atomic E-state index is -0.178. The van der Waals surface area contributed by atoms with Gasteiger partial charge < -0.3 is 9.26 Å². The second-order valence-electron chi connectivity index (χ2n) is 5.39. The van der Waals surface area contributed by atoms with Crippen LogP contribution in [0.1, 0.15) is 12.5 Å². The predicted molar refractivity (Wildman–Crippen MR) is 96.9 cm³/mol.